The molecule has 9 heteroatoms. The number of benzene rings is 2. The number of carbonyl (C=O) groups is 1. The van der Waals surface area contributed by atoms with Crippen LogP contribution in [-0.4, -0.2) is 47.0 Å². The Hall–Kier alpha value is -3.39. The van der Waals surface area contributed by atoms with E-state index < -0.39 is 0 Å². The van der Waals surface area contributed by atoms with Gasteiger partial charge >= 0.3 is 0 Å². The second-order valence-electron chi connectivity index (χ2n) is 9.23. The van der Waals surface area contributed by atoms with E-state index in [2.05, 4.69) is 20.5 Å². The number of phenols is 1. The van der Waals surface area contributed by atoms with E-state index in [1.54, 1.807) is 24.5 Å². The lowest BCUT2D eigenvalue weighted by atomic mass is 10.00. The van der Waals surface area contributed by atoms with Gasteiger partial charge < -0.3 is 20.6 Å². The van der Waals surface area contributed by atoms with Crippen molar-refractivity contribution in [3.8, 4) is 16.9 Å². The van der Waals surface area contributed by atoms with Crippen molar-refractivity contribution in [2.75, 3.05) is 30.4 Å². The van der Waals surface area contributed by atoms with Crippen LogP contribution in [0.4, 0.5) is 17.2 Å². The van der Waals surface area contributed by atoms with Crippen LogP contribution in [0.5, 0.6) is 5.75 Å². The average molecular weight is 536 g/mol. The number of phenolic OH excluding ortho intramolecular Hbond substituents is 1. The predicted molar refractivity (Wildman–Crippen MR) is 151 cm³/mol. The van der Waals surface area contributed by atoms with E-state index in [4.69, 9.17) is 28.2 Å². The molecule has 0 saturated carbocycles. The van der Waals surface area contributed by atoms with Crippen LogP contribution in [0.1, 0.15) is 30.1 Å². The Labute approximate surface area is 225 Å². The van der Waals surface area contributed by atoms with Crippen molar-refractivity contribution in [2.45, 2.75) is 25.8 Å². The van der Waals surface area contributed by atoms with E-state index >= 15 is 0 Å². The number of aromatic hydroxyl groups is 1. The van der Waals surface area contributed by atoms with Crippen molar-refractivity contribution < 1.29 is 9.90 Å². The number of halogens is 2. The Balaban J connectivity index is 1.52. The summed E-state index contributed by atoms with van der Waals surface area (Å²) in [6.07, 6.45) is 5.67. The Morgan fingerprint density at radius 3 is 2.51 bits per heavy atom. The molecule has 0 aliphatic carbocycles. The smallest absolute Gasteiger partial charge is 0.163 e. The van der Waals surface area contributed by atoms with Crippen LogP contribution in [0.25, 0.3) is 22.0 Å². The van der Waals surface area contributed by atoms with Gasteiger partial charge in [-0.3, -0.25) is 9.78 Å². The van der Waals surface area contributed by atoms with E-state index in [0.717, 1.165) is 53.0 Å². The molecule has 0 bridgehead atoms. The molecule has 0 amide bonds. The highest BCUT2D eigenvalue weighted by Crippen LogP contribution is 2.38. The lowest BCUT2D eigenvalue weighted by Gasteiger charge is -2.33. The van der Waals surface area contributed by atoms with Gasteiger partial charge in [0.05, 0.1) is 38.7 Å². The zero-order valence-electron chi connectivity index (χ0n) is 20.6. The summed E-state index contributed by atoms with van der Waals surface area (Å²) < 4.78 is 0. The molecule has 4 aromatic rings. The summed E-state index contributed by atoms with van der Waals surface area (Å²) >= 11 is 12.3. The number of anilines is 3. The predicted octanol–water partition coefficient (Wildman–Crippen LogP) is 6.44. The second kappa shape index (κ2) is 10.5. The first-order valence-electron chi connectivity index (χ1n) is 12.1. The van der Waals surface area contributed by atoms with Crippen LogP contribution in [0.15, 0.2) is 54.9 Å². The van der Waals surface area contributed by atoms with Crippen molar-refractivity contribution in [3.05, 3.63) is 70.5 Å². The van der Waals surface area contributed by atoms with Crippen LogP contribution < -0.4 is 15.5 Å². The zero-order chi connectivity index (χ0) is 26.1. The number of aromatic nitrogens is 2. The van der Waals surface area contributed by atoms with E-state index in [1.165, 1.54) is 13.3 Å². The van der Waals surface area contributed by atoms with Gasteiger partial charge in [0.1, 0.15) is 5.82 Å². The Morgan fingerprint density at radius 2 is 1.84 bits per heavy atom. The van der Waals surface area contributed by atoms with Gasteiger partial charge in [0.15, 0.2) is 11.5 Å². The van der Waals surface area contributed by atoms with Crippen LogP contribution in [-0.2, 0) is 0 Å². The van der Waals surface area contributed by atoms with Gasteiger partial charge in [-0.05, 0) is 74.3 Å². The number of piperidine rings is 1. The third-order valence-electron chi connectivity index (χ3n) is 6.77. The lowest BCUT2D eigenvalue weighted by Crippen LogP contribution is -2.44. The maximum Gasteiger partial charge on any atom is 0.163 e. The number of nitrogens with one attached hydrogen (secondary N) is 2. The third-order valence-corrected chi connectivity index (χ3v) is 7.34. The molecule has 0 radical (unpaired) electrons. The maximum atomic E-state index is 12.5. The third kappa shape index (κ3) is 5.21. The van der Waals surface area contributed by atoms with E-state index in [-0.39, 0.29) is 21.6 Å². The van der Waals surface area contributed by atoms with Crippen molar-refractivity contribution in [1.29, 1.82) is 0 Å². The molecule has 1 unspecified atom stereocenters. The molecular weight excluding hydrogens is 509 g/mol. The van der Waals surface area contributed by atoms with E-state index in [9.17, 15) is 9.90 Å². The number of hydrogen-bond acceptors (Lipinski definition) is 7. The highest BCUT2D eigenvalue weighted by atomic mass is 35.5. The molecule has 1 aliphatic rings. The molecule has 5 rings (SSSR count). The first kappa shape index (κ1) is 25.3. The van der Waals surface area contributed by atoms with Gasteiger partial charge in [-0.2, -0.15) is 0 Å². The number of rotatable bonds is 6. The first-order chi connectivity index (χ1) is 17.8. The molecule has 3 N–H and O–H groups in total. The van der Waals surface area contributed by atoms with Gasteiger partial charge in [0.25, 0.3) is 0 Å². The van der Waals surface area contributed by atoms with Crippen molar-refractivity contribution in [1.82, 2.24) is 15.3 Å². The summed E-state index contributed by atoms with van der Waals surface area (Å²) in [4.78, 5) is 24.0. The summed E-state index contributed by atoms with van der Waals surface area (Å²) in [5.41, 5.74) is 4.17. The number of Topliss-reactive ketones (excluding diaryl/α,β-unsaturated/α-hetero) is 1. The molecule has 0 spiro atoms. The Morgan fingerprint density at radius 1 is 1.05 bits per heavy atom. The molecule has 7 nitrogen and oxygen atoms in total. The zero-order valence-corrected chi connectivity index (χ0v) is 22.1. The topological polar surface area (TPSA) is 90.4 Å². The molecular formula is C28H27Cl2N5O2. The molecule has 1 atom stereocenters. The first-order valence-corrected chi connectivity index (χ1v) is 12.9. The second-order valence-corrected chi connectivity index (χ2v) is 10.0. The number of pyridine rings is 2. The molecule has 1 fully saturated rings. The highest BCUT2D eigenvalue weighted by molar-refractivity contribution is 6.37. The number of fused-ring (bicyclic) bond motifs is 1. The van der Waals surface area contributed by atoms with E-state index in [1.807, 2.05) is 37.4 Å². The number of hydrogen-bond donors (Lipinski definition) is 3. The molecule has 3 heterocycles. The maximum absolute atomic E-state index is 12.5. The van der Waals surface area contributed by atoms with Crippen LogP contribution in [0.2, 0.25) is 10.0 Å². The minimum atomic E-state index is -0.155. The number of carbonyl (C=O) groups excluding carboxylic acids is 1. The molecule has 1 aliphatic heterocycles. The number of likely N-dealkylation sites (N-methyl/N-ethyl adjacent to an activating group) is 1. The fourth-order valence-electron chi connectivity index (χ4n) is 4.72. The highest BCUT2D eigenvalue weighted by Gasteiger charge is 2.20. The Bertz CT molecular complexity index is 1450. The fraction of sp³-hybridized carbons (Fsp3) is 0.250. The summed E-state index contributed by atoms with van der Waals surface area (Å²) in [5, 5.41) is 17.8. The largest absolute Gasteiger partial charge is 0.505 e. The van der Waals surface area contributed by atoms with Gasteiger partial charge in [0, 0.05) is 30.7 Å². The number of nitrogens with zero attached hydrogens (tertiary/aromatic N) is 3. The Kier molecular flexibility index (Phi) is 7.20. The van der Waals surface area contributed by atoms with Crippen LogP contribution >= 0.6 is 23.2 Å². The monoisotopic (exact) mass is 535 g/mol. The SMILES string of the molecule is CNC1CCCN(c2ccc(Nc3c(C(C)=O)cnc4ccc(-c5cc(Cl)c(O)c(Cl)c5)cc34)cn2)C1. The molecule has 37 heavy (non-hydrogen) atoms. The standard InChI is InChI=1S/C28H27Cl2N5O2/c1-16(36)22-14-32-25-7-5-17(18-11-23(29)28(37)24(30)12-18)10-21(25)27(22)34-19-6-8-26(33-13-19)35-9-3-4-20(15-35)31-2/h5-8,10-14,20,31,37H,3-4,9,15H2,1-2H3,(H,32,34). The minimum absolute atomic E-state index is 0.103. The quantitative estimate of drug-likeness (QED) is 0.244. The summed E-state index contributed by atoms with van der Waals surface area (Å²) in [5.74, 6) is 0.673. The molecule has 1 saturated heterocycles. The van der Waals surface area contributed by atoms with Gasteiger partial charge in [-0.15, -0.1) is 0 Å². The molecule has 2 aromatic carbocycles. The van der Waals surface area contributed by atoms with Crippen molar-refractivity contribution in [2.24, 2.45) is 0 Å². The average Bonchev–Trinajstić information content (AvgIpc) is 2.91. The van der Waals surface area contributed by atoms with Gasteiger partial charge in [-0.1, -0.05) is 29.3 Å². The molecule has 190 valence electrons. The lowest BCUT2D eigenvalue weighted by molar-refractivity contribution is 0.101. The van der Waals surface area contributed by atoms with Crippen molar-refractivity contribution >= 4 is 57.1 Å². The summed E-state index contributed by atoms with van der Waals surface area (Å²) in [6.45, 7) is 3.43. The van der Waals surface area contributed by atoms with Crippen molar-refractivity contribution in [3.63, 3.8) is 0 Å². The minimum Gasteiger partial charge on any atom is -0.505 e. The number of ketones is 1. The van der Waals surface area contributed by atoms with E-state index in [0.29, 0.717) is 17.3 Å². The fourth-order valence-corrected chi connectivity index (χ4v) is 5.21. The van der Waals surface area contributed by atoms with Crippen LogP contribution in [0.3, 0.4) is 0 Å². The van der Waals surface area contributed by atoms with Gasteiger partial charge in [0.2, 0.25) is 0 Å². The summed E-state index contributed by atoms with van der Waals surface area (Å²) in [7, 11) is 2.00. The van der Waals surface area contributed by atoms with Gasteiger partial charge in [-0.25, -0.2) is 4.98 Å². The van der Waals surface area contributed by atoms with Crippen LogP contribution in [0, 0.1) is 0 Å². The molecule has 2 aromatic heterocycles. The summed E-state index contributed by atoms with van der Waals surface area (Å²) in [6, 6.07) is 13.5. The normalized spacial score (nSPS) is 15.7.